The molecule has 6 nitrogen and oxygen atoms in total. The molecule has 20 heavy (non-hydrogen) atoms. The molecule has 0 aliphatic heterocycles. The predicted octanol–water partition coefficient (Wildman–Crippen LogP) is 3.22. The van der Waals surface area contributed by atoms with Crippen molar-refractivity contribution in [3.05, 3.63) is 28.4 Å². The summed E-state index contributed by atoms with van der Waals surface area (Å²) in [5.74, 6) is -0.268. The summed E-state index contributed by atoms with van der Waals surface area (Å²) >= 11 is 0. The fourth-order valence-corrected chi connectivity index (χ4v) is 4.49. The van der Waals surface area contributed by atoms with Gasteiger partial charge in [-0.15, -0.1) is 0 Å². The molecule has 0 radical (unpaired) electrons. The number of hydrogen-bond donors (Lipinski definition) is 0. The Labute approximate surface area is 124 Å². The second-order valence-electron chi connectivity index (χ2n) is 4.60. The highest BCUT2D eigenvalue weighted by Gasteiger charge is 2.39. The van der Waals surface area contributed by atoms with E-state index in [1.165, 1.54) is 30.0 Å². The van der Waals surface area contributed by atoms with Gasteiger partial charge in [0.25, 0.3) is 5.69 Å². The molecule has 1 saturated carbocycles. The van der Waals surface area contributed by atoms with Crippen molar-refractivity contribution in [1.29, 1.82) is 0 Å². The predicted molar refractivity (Wildman–Crippen MR) is 77.6 cm³/mol. The molecule has 0 saturated heterocycles. The lowest BCUT2D eigenvalue weighted by molar-refractivity contribution is -0.385. The zero-order valence-electron chi connectivity index (χ0n) is 10.9. The van der Waals surface area contributed by atoms with Crippen LogP contribution in [0.4, 0.5) is 5.69 Å². The SMILES string of the molecule is CC(=O)OCC1(SSc2ccc([N+](=O)[O-])cn2)CCC1. The summed E-state index contributed by atoms with van der Waals surface area (Å²) in [6.45, 7) is 1.81. The first-order chi connectivity index (χ1) is 9.51. The first-order valence-electron chi connectivity index (χ1n) is 6.10. The normalized spacial score (nSPS) is 16.2. The molecule has 0 aromatic carbocycles. The summed E-state index contributed by atoms with van der Waals surface area (Å²) in [5, 5.41) is 11.3. The van der Waals surface area contributed by atoms with Gasteiger partial charge in [0.1, 0.15) is 17.8 Å². The molecule has 1 aliphatic rings. The minimum atomic E-state index is -0.470. The number of nitro groups is 1. The molecule has 8 heteroatoms. The van der Waals surface area contributed by atoms with Crippen LogP contribution in [0.3, 0.4) is 0 Å². The number of carbonyl (C=O) groups excluding carboxylic acids is 1. The Morgan fingerprint density at radius 2 is 2.30 bits per heavy atom. The van der Waals surface area contributed by atoms with E-state index in [1.54, 1.807) is 16.9 Å². The van der Waals surface area contributed by atoms with Crippen LogP contribution in [0, 0.1) is 10.1 Å². The quantitative estimate of drug-likeness (QED) is 0.345. The average Bonchev–Trinajstić information content (AvgIpc) is 2.37. The van der Waals surface area contributed by atoms with Crippen LogP contribution in [-0.2, 0) is 9.53 Å². The van der Waals surface area contributed by atoms with E-state index < -0.39 is 4.92 Å². The first-order valence-corrected chi connectivity index (χ1v) is 8.25. The number of pyridine rings is 1. The highest BCUT2D eigenvalue weighted by Crippen LogP contribution is 2.51. The molecular formula is C12H14N2O4S2. The molecule has 1 aromatic rings. The first kappa shape index (κ1) is 15.1. The topological polar surface area (TPSA) is 82.3 Å². The Morgan fingerprint density at radius 3 is 2.75 bits per heavy atom. The maximum absolute atomic E-state index is 10.9. The number of rotatable bonds is 6. The van der Waals surface area contributed by atoms with Crippen LogP contribution >= 0.6 is 21.6 Å². The van der Waals surface area contributed by atoms with E-state index >= 15 is 0 Å². The van der Waals surface area contributed by atoms with Crippen molar-refractivity contribution in [2.24, 2.45) is 0 Å². The molecule has 1 aliphatic carbocycles. The van der Waals surface area contributed by atoms with Crippen LogP contribution in [0.5, 0.6) is 0 Å². The van der Waals surface area contributed by atoms with Gasteiger partial charge in [-0.3, -0.25) is 14.9 Å². The van der Waals surface area contributed by atoms with Gasteiger partial charge in [-0.2, -0.15) is 0 Å². The Hall–Kier alpha value is -1.28. The van der Waals surface area contributed by atoms with Crippen LogP contribution < -0.4 is 0 Å². The third-order valence-corrected chi connectivity index (χ3v) is 6.24. The highest BCUT2D eigenvalue weighted by atomic mass is 33.1. The molecule has 0 unspecified atom stereocenters. The Balaban J connectivity index is 1.89. The van der Waals surface area contributed by atoms with Crippen LogP contribution in [0.1, 0.15) is 26.2 Å². The van der Waals surface area contributed by atoms with Gasteiger partial charge in [0.15, 0.2) is 0 Å². The van der Waals surface area contributed by atoms with Gasteiger partial charge in [0, 0.05) is 13.0 Å². The number of esters is 1. The van der Waals surface area contributed by atoms with Gasteiger partial charge in [0.05, 0.1) is 9.67 Å². The van der Waals surface area contributed by atoms with Gasteiger partial charge in [-0.1, -0.05) is 17.2 Å². The Kier molecular flexibility index (Phi) is 4.87. The van der Waals surface area contributed by atoms with Crippen LogP contribution in [0.25, 0.3) is 0 Å². The minimum absolute atomic E-state index is 0.0161. The fourth-order valence-electron chi connectivity index (χ4n) is 1.72. The number of carbonyl (C=O) groups is 1. The molecule has 1 fully saturated rings. The lowest BCUT2D eigenvalue weighted by Gasteiger charge is -2.39. The third kappa shape index (κ3) is 3.86. The van der Waals surface area contributed by atoms with E-state index in [1.807, 2.05) is 0 Å². The van der Waals surface area contributed by atoms with Crippen molar-refractivity contribution in [2.45, 2.75) is 36.0 Å². The summed E-state index contributed by atoms with van der Waals surface area (Å²) in [5.41, 5.74) is -0.0161. The summed E-state index contributed by atoms with van der Waals surface area (Å²) in [7, 11) is 3.09. The van der Waals surface area contributed by atoms with E-state index in [0.29, 0.717) is 6.61 Å². The van der Waals surface area contributed by atoms with Crippen molar-refractivity contribution in [1.82, 2.24) is 4.98 Å². The van der Waals surface area contributed by atoms with Crippen molar-refractivity contribution < 1.29 is 14.5 Å². The fraction of sp³-hybridized carbons (Fsp3) is 0.500. The van der Waals surface area contributed by atoms with Crippen LogP contribution in [0.15, 0.2) is 23.4 Å². The molecule has 0 atom stereocenters. The summed E-state index contributed by atoms with van der Waals surface area (Å²) in [6.07, 6.45) is 4.39. The van der Waals surface area contributed by atoms with E-state index in [-0.39, 0.29) is 16.4 Å². The molecule has 1 heterocycles. The van der Waals surface area contributed by atoms with E-state index in [4.69, 9.17) is 4.74 Å². The van der Waals surface area contributed by atoms with Gasteiger partial charge >= 0.3 is 5.97 Å². The summed E-state index contributed by atoms with van der Waals surface area (Å²) in [6, 6.07) is 3.07. The van der Waals surface area contributed by atoms with E-state index in [9.17, 15) is 14.9 Å². The Morgan fingerprint density at radius 1 is 1.55 bits per heavy atom. The smallest absolute Gasteiger partial charge is 0.302 e. The molecule has 108 valence electrons. The second kappa shape index (κ2) is 6.45. The second-order valence-corrected chi connectivity index (χ2v) is 7.21. The molecule has 0 bridgehead atoms. The largest absolute Gasteiger partial charge is 0.464 e. The monoisotopic (exact) mass is 314 g/mol. The minimum Gasteiger partial charge on any atom is -0.464 e. The van der Waals surface area contributed by atoms with Gasteiger partial charge < -0.3 is 4.74 Å². The van der Waals surface area contributed by atoms with E-state index in [2.05, 4.69) is 4.98 Å². The third-order valence-electron chi connectivity index (χ3n) is 3.04. The van der Waals surface area contributed by atoms with Gasteiger partial charge in [-0.25, -0.2) is 4.98 Å². The van der Waals surface area contributed by atoms with E-state index in [0.717, 1.165) is 24.3 Å². The Bertz CT molecular complexity index is 503. The summed E-state index contributed by atoms with van der Waals surface area (Å²) in [4.78, 5) is 25.0. The van der Waals surface area contributed by atoms with Crippen molar-refractivity contribution in [3.63, 3.8) is 0 Å². The van der Waals surface area contributed by atoms with Crippen molar-refractivity contribution >= 4 is 33.2 Å². The van der Waals surface area contributed by atoms with Gasteiger partial charge in [-0.05, 0) is 29.7 Å². The summed E-state index contributed by atoms with van der Waals surface area (Å²) < 4.78 is 5.06. The van der Waals surface area contributed by atoms with Gasteiger partial charge in [0.2, 0.25) is 0 Å². The highest BCUT2D eigenvalue weighted by molar-refractivity contribution is 8.77. The molecule has 2 rings (SSSR count). The lowest BCUT2D eigenvalue weighted by Crippen LogP contribution is -2.38. The maximum Gasteiger partial charge on any atom is 0.302 e. The van der Waals surface area contributed by atoms with Crippen LogP contribution in [0.2, 0.25) is 0 Å². The number of ether oxygens (including phenoxy) is 1. The molecule has 0 N–H and O–H groups in total. The number of aromatic nitrogens is 1. The zero-order valence-corrected chi connectivity index (χ0v) is 12.5. The van der Waals surface area contributed by atoms with Crippen molar-refractivity contribution in [3.8, 4) is 0 Å². The average molecular weight is 314 g/mol. The lowest BCUT2D eigenvalue weighted by atomic mass is 9.85. The molecule has 0 amide bonds. The molecule has 0 spiro atoms. The van der Waals surface area contributed by atoms with Crippen molar-refractivity contribution in [2.75, 3.05) is 6.61 Å². The maximum atomic E-state index is 10.9. The number of nitrogens with zero attached hydrogens (tertiary/aromatic N) is 2. The molecular weight excluding hydrogens is 300 g/mol. The number of hydrogen-bond acceptors (Lipinski definition) is 7. The van der Waals surface area contributed by atoms with Crippen LogP contribution in [-0.4, -0.2) is 27.2 Å². The zero-order chi connectivity index (χ0) is 14.6. The standard InChI is InChI=1S/C12H14N2O4S2/c1-9(15)18-8-12(5-2-6-12)20-19-11-4-3-10(7-13-11)14(16)17/h3-4,7H,2,5-6,8H2,1H3. The molecule has 1 aromatic heterocycles.